The summed E-state index contributed by atoms with van der Waals surface area (Å²) < 4.78 is 0. The van der Waals surface area contributed by atoms with Crippen LogP contribution in [0.4, 0.5) is 0 Å². The molecule has 0 rings (SSSR count). The number of rotatable bonds is 4. The Bertz CT molecular complexity index is 106. The highest BCUT2D eigenvalue weighted by molar-refractivity contribution is 4.76. The number of hydrogen-bond donors (Lipinski definition) is 2. The van der Waals surface area contributed by atoms with Crippen molar-refractivity contribution in [3.8, 4) is 0 Å². The van der Waals surface area contributed by atoms with Gasteiger partial charge in [0.05, 0.1) is 6.17 Å². The van der Waals surface area contributed by atoms with E-state index in [1.54, 1.807) is 0 Å². The van der Waals surface area contributed by atoms with Crippen molar-refractivity contribution in [3.63, 3.8) is 0 Å². The van der Waals surface area contributed by atoms with Gasteiger partial charge in [-0.05, 0) is 17.8 Å². The molecule has 0 saturated heterocycles. The Morgan fingerprint density at radius 3 is 1.91 bits per heavy atom. The van der Waals surface area contributed by atoms with Gasteiger partial charge in [0.1, 0.15) is 0 Å². The van der Waals surface area contributed by atoms with Crippen molar-refractivity contribution in [2.45, 2.75) is 46.7 Å². The fourth-order valence-electron chi connectivity index (χ4n) is 0.827. The minimum absolute atomic E-state index is 0.0876. The van der Waals surface area contributed by atoms with Crippen LogP contribution in [0.2, 0.25) is 0 Å². The van der Waals surface area contributed by atoms with E-state index in [9.17, 15) is 0 Å². The molecule has 0 aliphatic heterocycles. The Balaban J connectivity index is 3.73. The highest BCUT2D eigenvalue weighted by Gasteiger charge is 2.22. The predicted octanol–water partition coefficient (Wildman–Crippen LogP) is 1.69. The van der Waals surface area contributed by atoms with Gasteiger partial charge in [0, 0.05) is 0 Å². The minimum atomic E-state index is -0.193. The maximum Gasteiger partial charge on any atom is 0.0573 e. The summed E-state index contributed by atoms with van der Waals surface area (Å²) in [5.74, 6) is 0.744. The fourth-order valence-corrected chi connectivity index (χ4v) is 0.827. The van der Waals surface area contributed by atoms with Crippen LogP contribution in [0.3, 0.4) is 0 Å². The SMILES string of the molecule is CC(C)CCC(C)(C)C(N)N. The van der Waals surface area contributed by atoms with Crippen LogP contribution in [0.25, 0.3) is 0 Å². The monoisotopic (exact) mass is 158 g/mol. The largest absolute Gasteiger partial charge is 0.316 e. The molecular weight excluding hydrogens is 136 g/mol. The highest BCUT2D eigenvalue weighted by Crippen LogP contribution is 2.25. The van der Waals surface area contributed by atoms with Gasteiger partial charge in [-0.2, -0.15) is 0 Å². The molecule has 0 aromatic carbocycles. The van der Waals surface area contributed by atoms with Gasteiger partial charge < -0.3 is 11.5 Å². The van der Waals surface area contributed by atoms with Gasteiger partial charge in [-0.1, -0.05) is 34.1 Å². The Kier molecular flexibility index (Phi) is 4.04. The molecule has 0 saturated carbocycles. The Labute approximate surface area is 70.3 Å². The quantitative estimate of drug-likeness (QED) is 0.612. The van der Waals surface area contributed by atoms with Crippen molar-refractivity contribution in [1.82, 2.24) is 0 Å². The van der Waals surface area contributed by atoms with Crippen molar-refractivity contribution in [1.29, 1.82) is 0 Å². The zero-order valence-electron chi connectivity index (χ0n) is 8.22. The molecule has 0 spiro atoms. The fraction of sp³-hybridized carbons (Fsp3) is 1.00. The van der Waals surface area contributed by atoms with Gasteiger partial charge in [-0.3, -0.25) is 0 Å². The molecule has 0 fully saturated rings. The van der Waals surface area contributed by atoms with E-state index < -0.39 is 0 Å². The summed E-state index contributed by atoms with van der Waals surface area (Å²) >= 11 is 0. The first kappa shape index (κ1) is 10.9. The number of hydrogen-bond acceptors (Lipinski definition) is 2. The number of nitrogens with two attached hydrogens (primary N) is 2. The zero-order valence-corrected chi connectivity index (χ0v) is 8.22. The molecule has 0 aromatic heterocycles. The predicted molar refractivity (Wildman–Crippen MR) is 50.0 cm³/mol. The third kappa shape index (κ3) is 4.38. The standard InChI is InChI=1S/C9H22N2/c1-7(2)5-6-9(3,4)8(10)11/h7-8H,5-6,10-11H2,1-4H3. The normalized spacial score (nSPS) is 13.1. The summed E-state index contributed by atoms with van der Waals surface area (Å²) in [6.45, 7) is 8.69. The lowest BCUT2D eigenvalue weighted by atomic mass is 9.83. The lowest BCUT2D eigenvalue weighted by Gasteiger charge is -2.29. The van der Waals surface area contributed by atoms with Gasteiger partial charge in [0.25, 0.3) is 0 Å². The molecule has 2 nitrogen and oxygen atoms in total. The maximum atomic E-state index is 5.63. The van der Waals surface area contributed by atoms with Crippen LogP contribution in [0.5, 0.6) is 0 Å². The van der Waals surface area contributed by atoms with Gasteiger partial charge in [-0.15, -0.1) is 0 Å². The van der Waals surface area contributed by atoms with Crippen LogP contribution in [-0.2, 0) is 0 Å². The van der Waals surface area contributed by atoms with Crippen LogP contribution in [0.15, 0.2) is 0 Å². The summed E-state index contributed by atoms with van der Waals surface area (Å²) in [7, 11) is 0. The van der Waals surface area contributed by atoms with Crippen molar-refractivity contribution in [2.24, 2.45) is 22.8 Å². The van der Waals surface area contributed by atoms with Crippen molar-refractivity contribution < 1.29 is 0 Å². The second-order valence-corrected chi connectivity index (χ2v) is 4.45. The molecule has 0 aromatic rings. The third-order valence-corrected chi connectivity index (χ3v) is 2.27. The van der Waals surface area contributed by atoms with Crippen LogP contribution in [0.1, 0.15) is 40.5 Å². The minimum Gasteiger partial charge on any atom is -0.316 e. The summed E-state index contributed by atoms with van der Waals surface area (Å²) in [6.07, 6.45) is 2.13. The molecule has 0 aliphatic rings. The van der Waals surface area contributed by atoms with E-state index in [2.05, 4.69) is 27.7 Å². The zero-order chi connectivity index (χ0) is 9.07. The highest BCUT2D eigenvalue weighted by atomic mass is 14.9. The molecule has 0 aliphatic carbocycles. The summed E-state index contributed by atoms with van der Waals surface area (Å²) in [5, 5.41) is 0. The maximum absolute atomic E-state index is 5.63. The smallest absolute Gasteiger partial charge is 0.0573 e. The van der Waals surface area contributed by atoms with Crippen molar-refractivity contribution in [2.75, 3.05) is 0 Å². The Morgan fingerprint density at radius 2 is 1.64 bits per heavy atom. The average Bonchev–Trinajstić information content (AvgIpc) is 1.84. The summed E-state index contributed by atoms with van der Waals surface area (Å²) in [4.78, 5) is 0. The molecule has 0 atom stereocenters. The summed E-state index contributed by atoms with van der Waals surface area (Å²) in [6, 6.07) is 0. The van der Waals surface area contributed by atoms with Crippen molar-refractivity contribution >= 4 is 0 Å². The molecule has 4 N–H and O–H groups in total. The van der Waals surface area contributed by atoms with Gasteiger partial charge >= 0.3 is 0 Å². The van der Waals surface area contributed by atoms with E-state index in [0.717, 1.165) is 12.3 Å². The Hall–Kier alpha value is -0.0800. The van der Waals surface area contributed by atoms with E-state index in [-0.39, 0.29) is 11.6 Å². The first-order valence-corrected chi connectivity index (χ1v) is 4.37. The molecular formula is C9H22N2. The van der Waals surface area contributed by atoms with E-state index in [0.29, 0.717) is 0 Å². The summed E-state index contributed by atoms with van der Waals surface area (Å²) in [5.41, 5.74) is 11.4. The van der Waals surface area contributed by atoms with Crippen molar-refractivity contribution in [3.05, 3.63) is 0 Å². The molecule has 0 heterocycles. The molecule has 0 radical (unpaired) electrons. The lowest BCUT2D eigenvalue weighted by Crippen LogP contribution is -2.44. The average molecular weight is 158 g/mol. The molecule has 0 amide bonds. The Morgan fingerprint density at radius 1 is 1.18 bits per heavy atom. The second kappa shape index (κ2) is 4.07. The topological polar surface area (TPSA) is 52.0 Å². The van der Waals surface area contributed by atoms with Crippen LogP contribution >= 0.6 is 0 Å². The van der Waals surface area contributed by atoms with Crippen LogP contribution in [-0.4, -0.2) is 6.17 Å². The molecule has 11 heavy (non-hydrogen) atoms. The molecule has 0 bridgehead atoms. The van der Waals surface area contributed by atoms with Gasteiger partial charge in [0.15, 0.2) is 0 Å². The second-order valence-electron chi connectivity index (χ2n) is 4.45. The third-order valence-electron chi connectivity index (χ3n) is 2.27. The van der Waals surface area contributed by atoms with Gasteiger partial charge in [-0.25, -0.2) is 0 Å². The first-order valence-electron chi connectivity index (χ1n) is 4.37. The van der Waals surface area contributed by atoms with E-state index in [1.165, 1.54) is 6.42 Å². The van der Waals surface area contributed by atoms with Gasteiger partial charge in [0.2, 0.25) is 0 Å². The molecule has 68 valence electrons. The van der Waals surface area contributed by atoms with E-state index in [1.807, 2.05) is 0 Å². The molecule has 2 heteroatoms. The van der Waals surface area contributed by atoms with E-state index in [4.69, 9.17) is 11.5 Å². The first-order chi connectivity index (χ1) is 4.86. The van der Waals surface area contributed by atoms with Crippen LogP contribution < -0.4 is 11.5 Å². The lowest BCUT2D eigenvalue weighted by molar-refractivity contribution is 0.247. The molecule has 0 unspecified atom stereocenters. The van der Waals surface area contributed by atoms with Crippen LogP contribution in [0, 0.1) is 11.3 Å². The van der Waals surface area contributed by atoms with E-state index >= 15 is 0 Å².